The second kappa shape index (κ2) is 8.02. The van der Waals surface area contributed by atoms with Crippen LogP contribution in [0, 0.1) is 5.41 Å². The largest absolute Gasteiger partial charge is 0.416 e. The molecule has 35 heavy (non-hydrogen) atoms. The number of nitrogens with one attached hydrogen (secondary N) is 1. The Morgan fingerprint density at radius 1 is 0.514 bits per heavy atom. The molecule has 15 heteroatoms. The van der Waals surface area contributed by atoms with Gasteiger partial charge in [0, 0.05) is 11.1 Å². The van der Waals surface area contributed by atoms with Crippen LogP contribution in [0.4, 0.5) is 52.7 Å². The molecule has 0 aliphatic carbocycles. The van der Waals surface area contributed by atoms with Gasteiger partial charge in [-0.25, -0.2) is 4.99 Å². The average Bonchev–Trinajstić information content (AvgIpc) is 2.98. The van der Waals surface area contributed by atoms with Crippen molar-refractivity contribution in [1.29, 1.82) is 5.41 Å². The van der Waals surface area contributed by atoms with E-state index in [9.17, 15) is 52.7 Å². The van der Waals surface area contributed by atoms with Crippen LogP contribution in [0.2, 0.25) is 0 Å². The fourth-order valence-corrected chi connectivity index (χ4v) is 3.25. The number of halogens is 12. The normalized spacial score (nSPS) is 15.7. The van der Waals surface area contributed by atoms with Crippen molar-refractivity contribution in [2.45, 2.75) is 24.7 Å². The lowest BCUT2D eigenvalue weighted by atomic mass is 9.90. The maximum absolute atomic E-state index is 13.2. The van der Waals surface area contributed by atoms with E-state index in [0.717, 1.165) is 0 Å². The Morgan fingerprint density at radius 2 is 0.800 bits per heavy atom. The molecule has 0 radical (unpaired) electrons. The SMILES string of the molecule is N=C1N=C(N)C(c2cc(C(F)(F)F)cc(C(F)(F)F)c2)=C1c1cc(C(F)(F)F)cc(C(F)(F)F)c1. The molecule has 3 rings (SSSR count). The van der Waals surface area contributed by atoms with Crippen molar-refractivity contribution >= 4 is 22.8 Å². The van der Waals surface area contributed by atoms with Crippen LogP contribution in [-0.2, 0) is 24.7 Å². The van der Waals surface area contributed by atoms with Crippen LogP contribution >= 0.6 is 0 Å². The molecule has 0 atom stereocenters. The predicted molar refractivity (Wildman–Crippen MR) is 99.1 cm³/mol. The molecule has 3 N–H and O–H groups in total. The van der Waals surface area contributed by atoms with E-state index in [2.05, 4.69) is 4.99 Å². The van der Waals surface area contributed by atoms with E-state index in [1.165, 1.54) is 0 Å². The van der Waals surface area contributed by atoms with E-state index in [0.29, 0.717) is 0 Å². The van der Waals surface area contributed by atoms with Crippen LogP contribution in [0.5, 0.6) is 0 Å². The number of nitrogens with zero attached hydrogens (tertiary/aromatic N) is 1. The molecule has 0 bridgehead atoms. The van der Waals surface area contributed by atoms with Crippen LogP contribution in [0.3, 0.4) is 0 Å². The molecule has 188 valence electrons. The zero-order chi connectivity index (χ0) is 26.7. The van der Waals surface area contributed by atoms with Crippen LogP contribution in [0.15, 0.2) is 41.4 Å². The van der Waals surface area contributed by atoms with Crippen molar-refractivity contribution in [2.75, 3.05) is 0 Å². The van der Waals surface area contributed by atoms with Gasteiger partial charge in [0.1, 0.15) is 5.84 Å². The summed E-state index contributed by atoms with van der Waals surface area (Å²) in [6, 6.07) is 0.187. The lowest BCUT2D eigenvalue weighted by Gasteiger charge is -2.17. The first-order chi connectivity index (χ1) is 15.7. The fourth-order valence-electron chi connectivity index (χ4n) is 3.25. The van der Waals surface area contributed by atoms with E-state index in [-0.39, 0.29) is 36.4 Å². The first-order valence-electron chi connectivity index (χ1n) is 8.97. The highest BCUT2D eigenvalue weighted by molar-refractivity contribution is 6.48. The minimum Gasteiger partial charge on any atom is -0.383 e. The van der Waals surface area contributed by atoms with Gasteiger partial charge < -0.3 is 5.73 Å². The monoisotopic (exact) mass is 519 g/mol. The van der Waals surface area contributed by atoms with E-state index in [1.54, 1.807) is 0 Å². The zero-order valence-corrected chi connectivity index (χ0v) is 16.5. The Bertz CT molecular complexity index is 1190. The second-order valence-electron chi connectivity index (χ2n) is 7.18. The van der Waals surface area contributed by atoms with Gasteiger partial charge in [0.05, 0.1) is 22.3 Å². The van der Waals surface area contributed by atoms with Crippen molar-refractivity contribution in [3.05, 3.63) is 69.8 Å². The molecule has 0 unspecified atom stereocenters. The summed E-state index contributed by atoms with van der Waals surface area (Å²) in [4.78, 5) is 3.35. The van der Waals surface area contributed by atoms with E-state index in [4.69, 9.17) is 11.1 Å². The molecular formula is C20H9F12N3. The average molecular weight is 519 g/mol. The minimum absolute atomic E-state index is 0.158. The number of amidine groups is 2. The highest BCUT2D eigenvalue weighted by Crippen LogP contribution is 2.43. The first kappa shape index (κ1) is 26.1. The van der Waals surface area contributed by atoms with Crippen LogP contribution in [-0.4, -0.2) is 11.7 Å². The molecule has 3 nitrogen and oxygen atoms in total. The standard InChI is InChI=1S/C20H9F12N3/c21-17(22,23)9-1-7(2-10(5-9)18(24,25)26)13-14(16(34)35-15(13)33)8-3-11(19(27,28)29)6-12(4-8)20(30,31)32/h1-6H,(H3,33,34,35). The number of alkyl halides is 12. The Hall–Kier alpha value is -3.52. The Morgan fingerprint density at radius 3 is 1.09 bits per heavy atom. The molecule has 0 spiro atoms. The Labute approximate surface area is 187 Å². The van der Waals surface area contributed by atoms with Gasteiger partial charge in [0.15, 0.2) is 5.84 Å². The van der Waals surface area contributed by atoms with Crippen LogP contribution in [0.1, 0.15) is 33.4 Å². The van der Waals surface area contributed by atoms with Crippen LogP contribution in [0.25, 0.3) is 11.1 Å². The molecule has 2 aromatic carbocycles. The summed E-state index contributed by atoms with van der Waals surface area (Å²) in [5.41, 5.74) is -5.47. The second-order valence-corrected chi connectivity index (χ2v) is 7.18. The maximum atomic E-state index is 13.2. The van der Waals surface area contributed by atoms with Crippen molar-refractivity contribution in [1.82, 2.24) is 0 Å². The topological polar surface area (TPSA) is 62.2 Å². The van der Waals surface area contributed by atoms with Gasteiger partial charge in [-0.05, 0) is 47.5 Å². The zero-order valence-electron chi connectivity index (χ0n) is 16.5. The Kier molecular flexibility index (Phi) is 5.98. The summed E-state index contributed by atoms with van der Waals surface area (Å²) in [7, 11) is 0. The fraction of sp³-hybridized carbons (Fsp3) is 0.200. The number of aliphatic imine (C=N–C) groups is 1. The van der Waals surface area contributed by atoms with Crippen molar-refractivity contribution < 1.29 is 52.7 Å². The van der Waals surface area contributed by atoms with E-state index < -0.39 is 80.9 Å². The summed E-state index contributed by atoms with van der Waals surface area (Å²) in [5.74, 6) is -1.93. The number of rotatable bonds is 2. The van der Waals surface area contributed by atoms with Crippen LogP contribution < -0.4 is 5.73 Å². The molecule has 0 amide bonds. The number of benzene rings is 2. The lowest BCUT2D eigenvalue weighted by molar-refractivity contribution is -0.144. The molecule has 2 aromatic rings. The van der Waals surface area contributed by atoms with Crippen molar-refractivity contribution in [2.24, 2.45) is 10.7 Å². The highest BCUT2D eigenvalue weighted by atomic mass is 19.4. The molecule has 0 aromatic heterocycles. The summed E-state index contributed by atoms with van der Waals surface area (Å²) in [6.07, 6.45) is -21.3. The summed E-state index contributed by atoms with van der Waals surface area (Å²) >= 11 is 0. The molecule has 1 heterocycles. The number of hydrogen-bond donors (Lipinski definition) is 2. The number of nitrogens with two attached hydrogens (primary N) is 1. The smallest absolute Gasteiger partial charge is 0.383 e. The van der Waals surface area contributed by atoms with Gasteiger partial charge in [-0.15, -0.1) is 0 Å². The molecule has 0 saturated heterocycles. The summed E-state index contributed by atoms with van der Waals surface area (Å²) in [6.45, 7) is 0. The van der Waals surface area contributed by atoms with Crippen molar-refractivity contribution in [3.63, 3.8) is 0 Å². The molecule has 1 aliphatic heterocycles. The van der Waals surface area contributed by atoms with E-state index >= 15 is 0 Å². The molecule has 1 aliphatic rings. The van der Waals surface area contributed by atoms with Gasteiger partial charge in [-0.3, -0.25) is 5.41 Å². The van der Waals surface area contributed by atoms with Gasteiger partial charge in [-0.2, -0.15) is 52.7 Å². The van der Waals surface area contributed by atoms with Gasteiger partial charge in [0.25, 0.3) is 0 Å². The summed E-state index contributed by atoms with van der Waals surface area (Å²) in [5, 5.41) is 7.83. The van der Waals surface area contributed by atoms with Gasteiger partial charge >= 0.3 is 24.7 Å². The van der Waals surface area contributed by atoms with E-state index in [1.807, 2.05) is 0 Å². The Balaban J connectivity index is 2.41. The third-order valence-electron chi connectivity index (χ3n) is 4.73. The third kappa shape index (κ3) is 5.27. The maximum Gasteiger partial charge on any atom is 0.416 e. The summed E-state index contributed by atoms with van der Waals surface area (Å²) < 4.78 is 159. The third-order valence-corrected chi connectivity index (χ3v) is 4.73. The molecular weight excluding hydrogens is 510 g/mol. The quantitative estimate of drug-likeness (QED) is 0.412. The molecule has 0 saturated carbocycles. The van der Waals surface area contributed by atoms with Gasteiger partial charge in [0.2, 0.25) is 0 Å². The molecule has 0 fully saturated rings. The number of hydrogen-bond acceptors (Lipinski definition) is 2. The van der Waals surface area contributed by atoms with Crippen molar-refractivity contribution in [3.8, 4) is 0 Å². The van der Waals surface area contributed by atoms with Gasteiger partial charge in [-0.1, -0.05) is 0 Å². The predicted octanol–water partition coefficient (Wildman–Crippen LogP) is 7.02. The lowest BCUT2D eigenvalue weighted by Crippen LogP contribution is -2.16. The first-order valence-corrected chi connectivity index (χ1v) is 8.97. The highest BCUT2D eigenvalue weighted by Gasteiger charge is 2.40. The minimum atomic E-state index is -5.32.